The molecule has 0 aliphatic carbocycles. The van der Waals surface area contributed by atoms with Crippen LogP contribution in [0, 0.1) is 0 Å². The van der Waals surface area contributed by atoms with Crippen LogP contribution in [0.4, 0.5) is 8.39 Å². The fourth-order valence-electron chi connectivity index (χ4n) is 0. The monoisotopic (exact) mass is 116 g/mol. The molecule has 0 unspecified atom stereocenters. The molecule has 0 amide bonds. The minimum atomic E-state index is -2.25. The summed E-state index contributed by atoms with van der Waals surface area (Å²) in [6, 6.07) is 0. The van der Waals surface area contributed by atoms with Gasteiger partial charge in [-0.25, -0.2) is 0 Å². The Morgan fingerprint density at radius 3 is 1.00 bits per heavy atom. The smallest absolute Gasteiger partial charge is 1.00 e. The van der Waals surface area contributed by atoms with E-state index in [-0.39, 0.29) is 28.3 Å². The fraction of sp³-hybridized carbons (Fsp3) is 0. The van der Waals surface area contributed by atoms with E-state index in [1.54, 1.807) is 0 Å². The van der Waals surface area contributed by atoms with Gasteiger partial charge in [0.05, 0.1) is 0 Å². The maximum absolute atomic E-state index is 9.71. The Hall–Kier alpha value is 0.747. The summed E-state index contributed by atoms with van der Waals surface area (Å²) in [7, 11) is -2.25. The molecule has 0 aliphatic rings. The molecule has 6 heteroatoms. The first-order valence-corrected chi connectivity index (χ1v) is 1.31. The summed E-state index contributed by atoms with van der Waals surface area (Å²) in [5, 5.41) is 0. The molecule has 0 saturated carbocycles. The Balaban J connectivity index is -0.00000000667. The molecule has 36 valence electrons. The summed E-state index contributed by atoms with van der Waals surface area (Å²) in [6.07, 6.45) is 0. The van der Waals surface area contributed by atoms with Gasteiger partial charge in [-0.2, -0.15) is 0 Å². The molecule has 0 saturated heterocycles. The maximum Gasteiger partial charge on any atom is 1.00 e. The van der Waals surface area contributed by atoms with Crippen molar-refractivity contribution in [2.24, 2.45) is 0 Å². The molecule has 0 aromatic rings. The minimum absolute atomic E-state index is 0. The molecule has 0 nitrogen and oxygen atoms in total. The third-order valence-corrected chi connectivity index (χ3v) is 0. The Morgan fingerprint density at radius 1 is 1.00 bits per heavy atom. The summed E-state index contributed by atoms with van der Waals surface area (Å²) < 4.78 is 19.4. The van der Waals surface area contributed by atoms with Gasteiger partial charge in [-0.05, 0) is 8.39 Å². The Labute approximate surface area is 46.6 Å². The van der Waals surface area contributed by atoms with Crippen LogP contribution in [0.2, 0.25) is 0 Å². The summed E-state index contributed by atoms with van der Waals surface area (Å²) >= 11 is 0. The van der Waals surface area contributed by atoms with E-state index in [0.717, 1.165) is 0 Å². The van der Waals surface area contributed by atoms with Gasteiger partial charge >= 0.3 is 28.1 Å². The van der Waals surface area contributed by atoms with Gasteiger partial charge in [-0.3, -0.25) is 0 Å². The average Bonchev–Trinajstić information content (AvgIpc) is 0.918. The van der Waals surface area contributed by atoms with E-state index in [1.807, 2.05) is 0 Å². The first-order chi connectivity index (χ1) is 1.41. The van der Waals surface area contributed by atoms with Crippen LogP contribution in [0.15, 0.2) is 0 Å². The molecule has 0 bridgehead atoms. The molecule has 0 rings (SSSR count). The van der Waals surface area contributed by atoms with E-state index < -0.39 is 9.20 Å². The van der Waals surface area contributed by atoms with Crippen molar-refractivity contribution < 1.29 is 36.7 Å². The SMILES string of the molecule is F[PH2+]F.[F-].[F-].[Li+]. The van der Waals surface area contributed by atoms with Crippen LogP contribution in [-0.4, -0.2) is 0 Å². The van der Waals surface area contributed by atoms with E-state index in [0.29, 0.717) is 0 Å². The van der Waals surface area contributed by atoms with Crippen LogP contribution < -0.4 is 28.3 Å². The van der Waals surface area contributed by atoms with Crippen LogP contribution in [0.1, 0.15) is 0 Å². The maximum atomic E-state index is 9.71. The predicted molar refractivity (Wildman–Crippen MR) is 11.9 cm³/mol. The molecule has 0 aromatic heterocycles. The molecule has 0 atom stereocenters. The topological polar surface area (TPSA) is 0 Å². The molecule has 0 heterocycles. The number of hydrogen-bond acceptors (Lipinski definition) is 0. The first-order valence-electron chi connectivity index (χ1n) is 0.436. The number of hydrogen-bond donors (Lipinski definition) is 0. The van der Waals surface area contributed by atoms with E-state index in [2.05, 4.69) is 0 Å². The molecule has 0 fully saturated rings. The fourth-order valence-corrected chi connectivity index (χ4v) is 0. The minimum Gasteiger partial charge on any atom is -1.00 e. The van der Waals surface area contributed by atoms with Crippen LogP contribution in [0.5, 0.6) is 0 Å². The molecule has 0 spiro atoms. The summed E-state index contributed by atoms with van der Waals surface area (Å²) in [5.74, 6) is 0. The van der Waals surface area contributed by atoms with Crippen molar-refractivity contribution in [3.05, 3.63) is 0 Å². The van der Waals surface area contributed by atoms with Gasteiger partial charge in [-0.1, -0.05) is 0 Å². The predicted octanol–water partition coefficient (Wildman–Crippen LogP) is -7.82. The van der Waals surface area contributed by atoms with Crippen LogP contribution >= 0.6 is 9.20 Å². The van der Waals surface area contributed by atoms with Crippen molar-refractivity contribution in [2.45, 2.75) is 0 Å². The van der Waals surface area contributed by atoms with Gasteiger partial charge in [-0.15, -0.1) is 0 Å². The quantitative estimate of drug-likeness (QED) is 0.167. The molecular formula is H2F4LiP. The zero-order chi connectivity index (χ0) is 2.71. The molecule has 0 aliphatic heterocycles. The van der Waals surface area contributed by atoms with E-state index in [1.165, 1.54) is 0 Å². The van der Waals surface area contributed by atoms with Crippen molar-refractivity contribution in [2.75, 3.05) is 0 Å². The van der Waals surface area contributed by atoms with Crippen molar-refractivity contribution in [3.63, 3.8) is 0 Å². The first kappa shape index (κ1) is 29.5. The number of rotatable bonds is 0. The van der Waals surface area contributed by atoms with Crippen LogP contribution in [0.3, 0.4) is 0 Å². The second-order valence-corrected chi connectivity index (χ2v) is 0.247. The molecule has 0 aromatic carbocycles. The second kappa shape index (κ2) is 42.4. The molecular weight excluding hydrogens is 114 g/mol. The normalized spacial score (nSPS) is 3.00. The zero-order valence-electron chi connectivity index (χ0n) is 3.09. The van der Waals surface area contributed by atoms with Gasteiger partial charge in [0.15, 0.2) is 0 Å². The molecule has 0 radical (unpaired) electrons. The van der Waals surface area contributed by atoms with Gasteiger partial charge in [0.1, 0.15) is 0 Å². The second-order valence-electron chi connectivity index (χ2n) is 0.0825. The largest absolute Gasteiger partial charge is 1.00 e. The molecule has 0 N–H and O–H groups in total. The summed E-state index contributed by atoms with van der Waals surface area (Å²) in [4.78, 5) is 0. The van der Waals surface area contributed by atoms with E-state index in [9.17, 15) is 8.39 Å². The van der Waals surface area contributed by atoms with Crippen LogP contribution in [0.25, 0.3) is 0 Å². The van der Waals surface area contributed by atoms with Gasteiger partial charge in [0, 0.05) is 0 Å². The standard InChI is InChI=1S/F2H2P.2FH.Li/c1-3-2;;;/h3H2;2*1H;/q+1;;;+1/p-2. The van der Waals surface area contributed by atoms with Crippen molar-refractivity contribution in [1.29, 1.82) is 0 Å². The van der Waals surface area contributed by atoms with Gasteiger partial charge in [0.25, 0.3) is 0 Å². The Bertz CT molecular complexity index is 7.51. The van der Waals surface area contributed by atoms with E-state index >= 15 is 0 Å². The van der Waals surface area contributed by atoms with Crippen LogP contribution in [-0.2, 0) is 0 Å². The van der Waals surface area contributed by atoms with Gasteiger partial charge in [0.2, 0.25) is 0 Å². The average molecular weight is 116 g/mol. The van der Waals surface area contributed by atoms with Crippen molar-refractivity contribution >= 4 is 9.20 Å². The summed E-state index contributed by atoms with van der Waals surface area (Å²) in [5.41, 5.74) is 0. The third kappa shape index (κ3) is 119. The van der Waals surface area contributed by atoms with Gasteiger partial charge < -0.3 is 9.41 Å². The van der Waals surface area contributed by atoms with Crippen molar-refractivity contribution in [1.82, 2.24) is 0 Å². The van der Waals surface area contributed by atoms with E-state index in [4.69, 9.17) is 0 Å². The van der Waals surface area contributed by atoms with Crippen molar-refractivity contribution in [3.8, 4) is 0 Å². The number of halogens is 4. The third-order valence-electron chi connectivity index (χ3n) is 0. The molecule has 6 heavy (non-hydrogen) atoms. The Morgan fingerprint density at radius 2 is 1.00 bits per heavy atom. The Kier molecular flexibility index (Phi) is 209. The zero-order valence-corrected chi connectivity index (χ0v) is 4.24. The summed E-state index contributed by atoms with van der Waals surface area (Å²) in [6.45, 7) is 0.